The first-order chi connectivity index (χ1) is 9.19. The minimum atomic E-state index is 0.303. The number of H-pyrrole nitrogens is 1. The van der Waals surface area contributed by atoms with Crippen molar-refractivity contribution in [3.63, 3.8) is 0 Å². The maximum absolute atomic E-state index is 5.63. The number of aromatic amines is 1. The number of fused-ring (bicyclic) bond motifs is 1. The Bertz CT molecular complexity index is 646. The van der Waals surface area contributed by atoms with Crippen molar-refractivity contribution < 1.29 is 9.47 Å². The van der Waals surface area contributed by atoms with E-state index >= 15 is 0 Å². The van der Waals surface area contributed by atoms with E-state index in [1.54, 1.807) is 7.11 Å². The summed E-state index contributed by atoms with van der Waals surface area (Å²) in [5, 5.41) is 0. The van der Waals surface area contributed by atoms with Crippen LogP contribution in [0.5, 0.6) is 5.75 Å². The van der Waals surface area contributed by atoms with Gasteiger partial charge in [-0.25, -0.2) is 0 Å². The molecular weight excluding hydrogens is 260 g/mol. The molecule has 2 atom stereocenters. The SMILES string of the molecule is COc1ccc2[nH]c(=S)n(CC3CCOC3C)c2c1. The van der Waals surface area contributed by atoms with Crippen LogP contribution in [-0.4, -0.2) is 29.4 Å². The molecule has 0 bridgehead atoms. The van der Waals surface area contributed by atoms with Crippen molar-refractivity contribution in [2.45, 2.75) is 26.0 Å². The highest BCUT2D eigenvalue weighted by atomic mass is 32.1. The van der Waals surface area contributed by atoms with Gasteiger partial charge in [0.1, 0.15) is 5.75 Å². The zero-order valence-corrected chi connectivity index (χ0v) is 12.0. The van der Waals surface area contributed by atoms with E-state index in [-0.39, 0.29) is 0 Å². The second-order valence-corrected chi connectivity index (χ2v) is 5.44. The van der Waals surface area contributed by atoms with Crippen LogP contribution in [0.2, 0.25) is 0 Å². The molecule has 4 nitrogen and oxygen atoms in total. The zero-order chi connectivity index (χ0) is 13.4. The number of aromatic nitrogens is 2. The molecule has 102 valence electrons. The summed E-state index contributed by atoms with van der Waals surface area (Å²) in [5.41, 5.74) is 2.15. The average molecular weight is 278 g/mol. The van der Waals surface area contributed by atoms with Crippen molar-refractivity contribution in [1.82, 2.24) is 9.55 Å². The Morgan fingerprint density at radius 2 is 2.37 bits per heavy atom. The molecule has 1 aliphatic rings. The second kappa shape index (κ2) is 4.98. The molecule has 5 heteroatoms. The third kappa shape index (κ3) is 2.28. The fourth-order valence-electron chi connectivity index (χ4n) is 2.69. The van der Waals surface area contributed by atoms with Crippen molar-refractivity contribution in [3.05, 3.63) is 23.0 Å². The Kier molecular flexibility index (Phi) is 3.33. The molecule has 1 aromatic carbocycles. The van der Waals surface area contributed by atoms with Crippen LogP contribution in [0.1, 0.15) is 13.3 Å². The lowest BCUT2D eigenvalue weighted by Crippen LogP contribution is -2.17. The number of hydrogen-bond acceptors (Lipinski definition) is 3. The van der Waals surface area contributed by atoms with Gasteiger partial charge in [-0.2, -0.15) is 0 Å². The van der Waals surface area contributed by atoms with Crippen LogP contribution in [0.3, 0.4) is 0 Å². The zero-order valence-electron chi connectivity index (χ0n) is 11.2. The smallest absolute Gasteiger partial charge is 0.178 e. The molecule has 1 aliphatic heterocycles. The molecule has 0 spiro atoms. The summed E-state index contributed by atoms with van der Waals surface area (Å²) in [7, 11) is 1.68. The van der Waals surface area contributed by atoms with Crippen LogP contribution in [-0.2, 0) is 11.3 Å². The van der Waals surface area contributed by atoms with Crippen LogP contribution in [0.4, 0.5) is 0 Å². The van der Waals surface area contributed by atoms with Gasteiger partial charge in [-0.05, 0) is 37.7 Å². The van der Waals surface area contributed by atoms with E-state index in [2.05, 4.69) is 16.5 Å². The lowest BCUT2D eigenvalue weighted by molar-refractivity contribution is 0.102. The standard InChI is InChI=1S/C14H18N2O2S/c1-9-10(5-6-18-9)8-16-13-7-11(17-2)3-4-12(13)15-14(16)19/h3-4,7,9-10H,5-6,8H2,1-2H3,(H,15,19). The molecule has 2 aromatic rings. The summed E-state index contributed by atoms with van der Waals surface area (Å²) >= 11 is 5.43. The molecule has 0 saturated carbocycles. The minimum absolute atomic E-state index is 0.303. The number of imidazole rings is 1. The van der Waals surface area contributed by atoms with Crippen LogP contribution >= 0.6 is 12.2 Å². The van der Waals surface area contributed by atoms with Crippen molar-refractivity contribution in [2.24, 2.45) is 5.92 Å². The van der Waals surface area contributed by atoms with E-state index in [0.717, 1.165) is 41.1 Å². The number of nitrogens with one attached hydrogen (secondary N) is 1. The molecule has 1 saturated heterocycles. The summed E-state index contributed by atoms with van der Waals surface area (Å²) in [4.78, 5) is 3.25. The number of benzene rings is 1. The van der Waals surface area contributed by atoms with Crippen molar-refractivity contribution in [1.29, 1.82) is 0 Å². The van der Waals surface area contributed by atoms with Crippen LogP contribution in [0.25, 0.3) is 11.0 Å². The van der Waals surface area contributed by atoms with E-state index in [1.807, 2.05) is 18.2 Å². The van der Waals surface area contributed by atoms with Crippen molar-refractivity contribution in [3.8, 4) is 5.75 Å². The number of nitrogens with zero attached hydrogens (tertiary/aromatic N) is 1. The summed E-state index contributed by atoms with van der Waals surface area (Å²) < 4.78 is 13.8. The molecule has 1 N–H and O–H groups in total. The molecular formula is C14H18N2O2S. The monoisotopic (exact) mass is 278 g/mol. The van der Waals surface area contributed by atoms with Gasteiger partial charge in [0.05, 0.1) is 24.2 Å². The largest absolute Gasteiger partial charge is 0.497 e. The van der Waals surface area contributed by atoms with Gasteiger partial charge in [-0.1, -0.05) is 0 Å². The van der Waals surface area contributed by atoms with Crippen LogP contribution in [0.15, 0.2) is 18.2 Å². The summed E-state index contributed by atoms with van der Waals surface area (Å²) in [6.07, 6.45) is 1.40. The lowest BCUT2D eigenvalue weighted by Gasteiger charge is -2.15. The van der Waals surface area contributed by atoms with E-state index in [9.17, 15) is 0 Å². The number of hydrogen-bond donors (Lipinski definition) is 1. The Hall–Kier alpha value is -1.33. The molecule has 19 heavy (non-hydrogen) atoms. The van der Waals surface area contributed by atoms with Crippen LogP contribution in [0, 0.1) is 10.7 Å². The maximum atomic E-state index is 5.63. The van der Waals surface area contributed by atoms with Crippen molar-refractivity contribution >= 4 is 23.3 Å². The van der Waals surface area contributed by atoms with Gasteiger partial charge in [0.2, 0.25) is 0 Å². The molecule has 2 heterocycles. The molecule has 2 unspecified atom stereocenters. The summed E-state index contributed by atoms with van der Waals surface area (Å²) in [6, 6.07) is 5.98. The van der Waals surface area contributed by atoms with Gasteiger partial charge in [-0.15, -0.1) is 0 Å². The Morgan fingerprint density at radius 3 is 3.05 bits per heavy atom. The first-order valence-corrected chi connectivity index (χ1v) is 6.98. The normalized spacial score (nSPS) is 23.1. The molecule has 1 aromatic heterocycles. The Balaban J connectivity index is 2.01. The highest BCUT2D eigenvalue weighted by molar-refractivity contribution is 7.71. The second-order valence-electron chi connectivity index (χ2n) is 5.05. The third-order valence-electron chi connectivity index (χ3n) is 3.93. The van der Waals surface area contributed by atoms with Crippen molar-refractivity contribution in [2.75, 3.05) is 13.7 Å². The van der Waals surface area contributed by atoms with E-state index < -0.39 is 0 Å². The van der Waals surface area contributed by atoms with Gasteiger partial charge in [0.15, 0.2) is 4.77 Å². The van der Waals surface area contributed by atoms with Gasteiger partial charge in [0, 0.05) is 25.1 Å². The highest BCUT2D eigenvalue weighted by Crippen LogP contribution is 2.26. The predicted molar refractivity (Wildman–Crippen MR) is 77.2 cm³/mol. The number of ether oxygens (including phenoxy) is 2. The third-order valence-corrected chi connectivity index (χ3v) is 4.26. The quantitative estimate of drug-likeness (QED) is 0.877. The van der Waals surface area contributed by atoms with E-state index in [1.165, 1.54) is 0 Å². The van der Waals surface area contributed by atoms with E-state index in [4.69, 9.17) is 21.7 Å². The number of rotatable bonds is 3. The Labute approximate surface area is 117 Å². The molecule has 0 radical (unpaired) electrons. The lowest BCUT2D eigenvalue weighted by atomic mass is 10.0. The predicted octanol–water partition coefficient (Wildman–Crippen LogP) is 3.13. The molecule has 0 aliphatic carbocycles. The first-order valence-electron chi connectivity index (χ1n) is 6.57. The fraction of sp³-hybridized carbons (Fsp3) is 0.500. The van der Waals surface area contributed by atoms with Gasteiger partial charge in [0.25, 0.3) is 0 Å². The summed E-state index contributed by atoms with van der Waals surface area (Å²) in [5.74, 6) is 1.38. The van der Waals surface area contributed by atoms with E-state index in [0.29, 0.717) is 12.0 Å². The Morgan fingerprint density at radius 1 is 1.53 bits per heavy atom. The maximum Gasteiger partial charge on any atom is 0.178 e. The minimum Gasteiger partial charge on any atom is -0.497 e. The van der Waals surface area contributed by atoms with Gasteiger partial charge in [-0.3, -0.25) is 0 Å². The topological polar surface area (TPSA) is 39.2 Å². The summed E-state index contributed by atoms with van der Waals surface area (Å²) in [6.45, 7) is 3.88. The average Bonchev–Trinajstić information content (AvgIpc) is 2.94. The highest BCUT2D eigenvalue weighted by Gasteiger charge is 2.25. The number of methoxy groups -OCH3 is 1. The molecule has 1 fully saturated rings. The molecule has 0 amide bonds. The van der Waals surface area contributed by atoms with Crippen LogP contribution < -0.4 is 4.74 Å². The van der Waals surface area contributed by atoms with Gasteiger partial charge >= 0.3 is 0 Å². The van der Waals surface area contributed by atoms with Gasteiger partial charge < -0.3 is 19.0 Å². The first kappa shape index (κ1) is 12.7. The molecule has 3 rings (SSSR count). The fourth-order valence-corrected chi connectivity index (χ4v) is 2.97.